The standard InChI is InChI=1S/C27H37N5O2/c1-22-7-4-8-24(29-22)20-32(14-6-13-31-17-15-30(16-18-31)12-5-11-28)19-23-21-34-26-10-3-2-9-25(26)27(23)33/h2-4,7-10,21H,5-6,11-20,28H2,1H3. The van der Waals surface area contributed by atoms with Crippen molar-refractivity contribution >= 4 is 11.0 Å². The molecule has 1 aromatic carbocycles. The van der Waals surface area contributed by atoms with Gasteiger partial charge < -0.3 is 20.0 Å². The third-order valence-corrected chi connectivity index (χ3v) is 6.57. The van der Waals surface area contributed by atoms with Crippen LogP contribution >= 0.6 is 0 Å². The Balaban J connectivity index is 1.39. The fourth-order valence-corrected chi connectivity index (χ4v) is 4.67. The molecule has 0 aliphatic carbocycles. The minimum Gasteiger partial charge on any atom is -0.464 e. The lowest BCUT2D eigenvalue weighted by atomic mass is 10.1. The third kappa shape index (κ3) is 6.73. The Hall–Kier alpha value is -2.58. The summed E-state index contributed by atoms with van der Waals surface area (Å²) in [6.45, 7) is 11.6. The molecule has 0 saturated carbocycles. The molecule has 0 bridgehead atoms. The number of aromatic nitrogens is 1. The Morgan fingerprint density at radius 1 is 0.971 bits per heavy atom. The number of nitrogens with zero attached hydrogens (tertiary/aromatic N) is 4. The molecule has 0 unspecified atom stereocenters. The predicted octanol–water partition coefficient (Wildman–Crippen LogP) is 2.86. The molecule has 0 amide bonds. The Morgan fingerprint density at radius 2 is 1.71 bits per heavy atom. The van der Waals surface area contributed by atoms with Crippen LogP contribution in [0, 0.1) is 6.92 Å². The summed E-state index contributed by atoms with van der Waals surface area (Å²) in [4.78, 5) is 25.1. The van der Waals surface area contributed by atoms with Crippen LogP contribution in [0.4, 0.5) is 0 Å². The van der Waals surface area contributed by atoms with E-state index in [9.17, 15) is 4.79 Å². The van der Waals surface area contributed by atoms with Gasteiger partial charge in [0.25, 0.3) is 0 Å². The van der Waals surface area contributed by atoms with Gasteiger partial charge in [0.2, 0.25) is 0 Å². The third-order valence-electron chi connectivity index (χ3n) is 6.57. The first-order valence-corrected chi connectivity index (χ1v) is 12.4. The Kier molecular flexibility index (Phi) is 8.82. The van der Waals surface area contributed by atoms with Gasteiger partial charge >= 0.3 is 0 Å². The number of pyridine rings is 1. The van der Waals surface area contributed by atoms with E-state index in [1.165, 1.54) is 0 Å². The van der Waals surface area contributed by atoms with Crippen LogP contribution in [-0.2, 0) is 13.1 Å². The number of piperazine rings is 1. The number of hydrogen-bond donors (Lipinski definition) is 1. The van der Waals surface area contributed by atoms with Gasteiger partial charge in [-0.25, -0.2) is 0 Å². The van der Waals surface area contributed by atoms with Gasteiger partial charge in [-0.15, -0.1) is 0 Å². The Bertz CT molecular complexity index is 1110. The van der Waals surface area contributed by atoms with Crippen molar-refractivity contribution < 1.29 is 4.42 Å². The molecule has 7 heteroatoms. The Labute approximate surface area is 202 Å². The highest BCUT2D eigenvalue weighted by atomic mass is 16.3. The molecule has 34 heavy (non-hydrogen) atoms. The minimum atomic E-state index is 0.0534. The zero-order chi connectivity index (χ0) is 23.8. The predicted molar refractivity (Wildman–Crippen MR) is 137 cm³/mol. The van der Waals surface area contributed by atoms with Crippen LogP contribution in [0.15, 0.2) is 57.9 Å². The molecule has 1 saturated heterocycles. The maximum atomic E-state index is 13.1. The van der Waals surface area contributed by atoms with Gasteiger partial charge in [0.15, 0.2) is 5.43 Å². The molecular formula is C27H37N5O2. The second-order valence-corrected chi connectivity index (χ2v) is 9.25. The van der Waals surface area contributed by atoms with Crippen LogP contribution in [0.2, 0.25) is 0 Å². The van der Waals surface area contributed by atoms with Gasteiger partial charge in [0, 0.05) is 57.1 Å². The number of benzene rings is 1. The van der Waals surface area contributed by atoms with Crippen LogP contribution in [0.1, 0.15) is 29.8 Å². The van der Waals surface area contributed by atoms with E-state index in [0.29, 0.717) is 29.6 Å². The number of fused-ring (bicyclic) bond motifs is 1. The smallest absolute Gasteiger partial charge is 0.197 e. The van der Waals surface area contributed by atoms with E-state index >= 15 is 0 Å². The zero-order valence-corrected chi connectivity index (χ0v) is 20.3. The first-order chi connectivity index (χ1) is 16.6. The highest BCUT2D eigenvalue weighted by Crippen LogP contribution is 2.14. The number of aryl methyl sites for hydroxylation is 1. The molecule has 7 nitrogen and oxygen atoms in total. The molecule has 3 heterocycles. The molecule has 4 rings (SSSR count). The number of hydrogen-bond acceptors (Lipinski definition) is 7. The molecule has 1 aliphatic rings. The lowest BCUT2D eigenvalue weighted by molar-refractivity contribution is 0.125. The molecule has 2 aromatic heterocycles. The Morgan fingerprint density at radius 3 is 2.44 bits per heavy atom. The fourth-order valence-electron chi connectivity index (χ4n) is 4.67. The maximum Gasteiger partial charge on any atom is 0.197 e. The molecule has 182 valence electrons. The van der Waals surface area contributed by atoms with E-state index in [-0.39, 0.29) is 5.43 Å². The molecular weight excluding hydrogens is 426 g/mol. The molecule has 0 atom stereocenters. The summed E-state index contributed by atoms with van der Waals surface area (Å²) in [6.07, 6.45) is 3.75. The van der Waals surface area contributed by atoms with Crippen molar-refractivity contribution in [2.24, 2.45) is 5.73 Å². The maximum absolute atomic E-state index is 13.1. The first kappa shape index (κ1) is 24.5. The zero-order valence-electron chi connectivity index (χ0n) is 20.3. The second-order valence-electron chi connectivity index (χ2n) is 9.25. The normalized spacial score (nSPS) is 15.4. The van der Waals surface area contributed by atoms with Crippen molar-refractivity contribution in [1.82, 2.24) is 19.7 Å². The fraction of sp³-hybridized carbons (Fsp3) is 0.481. The average molecular weight is 464 g/mol. The van der Waals surface area contributed by atoms with Crippen LogP contribution in [0.5, 0.6) is 0 Å². The molecule has 3 aromatic rings. The molecule has 0 radical (unpaired) electrons. The van der Waals surface area contributed by atoms with Gasteiger partial charge in [-0.3, -0.25) is 14.7 Å². The summed E-state index contributed by atoms with van der Waals surface area (Å²) in [5, 5.41) is 0.640. The van der Waals surface area contributed by atoms with Crippen molar-refractivity contribution in [3.05, 3.63) is 75.9 Å². The summed E-state index contributed by atoms with van der Waals surface area (Å²) >= 11 is 0. The summed E-state index contributed by atoms with van der Waals surface area (Å²) in [6, 6.07) is 13.6. The highest BCUT2D eigenvalue weighted by Gasteiger charge is 2.17. The number of nitrogens with two attached hydrogens (primary N) is 1. The van der Waals surface area contributed by atoms with E-state index in [1.807, 2.05) is 43.3 Å². The van der Waals surface area contributed by atoms with Gasteiger partial charge in [0.05, 0.1) is 17.3 Å². The van der Waals surface area contributed by atoms with Crippen LogP contribution in [0.25, 0.3) is 11.0 Å². The summed E-state index contributed by atoms with van der Waals surface area (Å²) in [5.74, 6) is 0. The van der Waals surface area contributed by atoms with E-state index in [1.54, 1.807) is 6.26 Å². The average Bonchev–Trinajstić information content (AvgIpc) is 2.85. The van der Waals surface area contributed by atoms with Crippen LogP contribution < -0.4 is 11.2 Å². The highest BCUT2D eigenvalue weighted by molar-refractivity contribution is 5.76. The molecule has 2 N–H and O–H groups in total. The molecule has 0 spiro atoms. The summed E-state index contributed by atoms with van der Waals surface area (Å²) < 4.78 is 5.77. The SMILES string of the molecule is Cc1cccc(CN(CCCN2CCN(CCCN)CC2)Cc2coc3ccccc3c2=O)n1. The van der Waals surface area contributed by atoms with Gasteiger partial charge in [-0.1, -0.05) is 18.2 Å². The summed E-state index contributed by atoms with van der Waals surface area (Å²) in [7, 11) is 0. The first-order valence-electron chi connectivity index (χ1n) is 12.4. The number of rotatable bonds is 11. The topological polar surface area (TPSA) is 78.8 Å². The minimum absolute atomic E-state index is 0.0534. The monoisotopic (exact) mass is 463 g/mol. The summed E-state index contributed by atoms with van der Waals surface area (Å²) in [5.41, 5.74) is 9.07. The number of para-hydroxylation sites is 1. The van der Waals surface area contributed by atoms with Crippen LogP contribution in [-0.4, -0.2) is 72.0 Å². The van der Waals surface area contributed by atoms with Gasteiger partial charge in [-0.05, 0) is 63.7 Å². The van der Waals surface area contributed by atoms with Gasteiger partial charge in [0.1, 0.15) is 5.58 Å². The largest absolute Gasteiger partial charge is 0.464 e. The van der Waals surface area contributed by atoms with Crippen molar-refractivity contribution in [3.8, 4) is 0 Å². The van der Waals surface area contributed by atoms with Crippen molar-refractivity contribution in [1.29, 1.82) is 0 Å². The van der Waals surface area contributed by atoms with E-state index < -0.39 is 0 Å². The van der Waals surface area contributed by atoms with Crippen molar-refractivity contribution in [2.45, 2.75) is 32.9 Å². The quantitative estimate of drug-likeness (QED) is 0.468. The van der Waals surface area contributed by atoms with Crippen molar-refractivity contribution in [2.75, 3.05) is 52.4 Å². The van der Waals surface area contributed by atoms with Crippen LogP contribution in [0.3, 0.4) is 0 Å². The van der Waals surface area contributed by atoms with E-state index in [4.69, 9.17) is 10.2 Å². The molecule has 1 aliphatic heterocycles. The second kappa shape index (κ2) is 12.2. The van der Waals surface area contributed by atoms with Crippen molar-refractivity contribution in [3.63, 3.8) is 0 Å². The van der Waals surface area contributed by atoms with E-state index in [0.717, 1.165) is 76.6 Å². The lowest BCUT2D eigenvalue weighted by Gasteiger charge is -2.35. The van der Waals surface area contributed by atoms with E-state index in [2.05, 4.69) is 25.8 Å². The lowest BCUT2D eigenvalue weighted by Crippen LogP contribution is -2.47. The van der Waals surface area contributed by atoms with Gasteiger partial charge in [-0.2, -0.15) is 0 Å². The molecule has 1 fully saturated rings.